The summed E-state index contributed by atoms with van der Waals surface area (Å²) in [5.74, 6) is -0.879. The second-order valence-corrected chi connectivity index (χ2v) is 4.43. The highest BCUT2D eigenvalue weighted by molar-refractivity contribution is 5.71. The summed E-state index contributed by atoms with van der Waals surface area (Å²) in [7, 11) is 1.68. The predicted octanol–water partition coefficient (Wildman–Crippen LogP) is 1.35. The summed E-state index contributed by atoms with van der Waals surface area (Å²) in [6.07, 6.45) is 0. The van der Waals surface area contributed by atoms with Crippen molar-refractivity contribution in [2.45, 2.75) is 13.2 Å². The van der Waals surface area contributed by atoms with Crippen LogP contribution < -0.4 is 0 Å². The Morgan fingerprint density at radius 2 is 2.06 bits per heavy atom. The minimum Gasteiger partial charge on any atom is -0.481 e. The molecule has 1 aromatic carbocycles. The second kappa shape index (κ2) is 5.29. The third-order valence-corrected chi connectivity index (χ3v) is 3.12. The van der Waals surface area contributed by atoms with Crippen molar-refractivity contribution in [3.8, 4) is 0 Å². The summed E-state index contributed by atoms with van der Waals surface area (Å²) >= 11 is 0. The molecule has 0 unspecified atom stereocenters. The Kier molecular flexibility index (Phi) is 3.76. The largest absolute Gasteiger partial charge is 0.481 e. The highest BCUT2D eigenvalue weighted by Gasteiger charge is 2.32. The Morgan fingerprint density at radius 1 is 1.41 bits per heavy atom. The molecule has 4 heteroatoms. The maximum absolute atomic E-state index is 10.7. The number of carbonyl (C=O) groups is 1. The van der Waals surface area contributed by atoms with Gasteiger partial charge in [-0.25, -0.2) is 0 Å². The average molecular weight is 235 g/mol. The molecule has 0 aliphatic carbocycles. The van der Waals surface area contributed by atoms with E-state index in [1.54, 1.807) is 7.11 Å². The molecule has 1 saturated heterocycles. The third-order valence-electron chi connectivity index (χ3n) is 3.12. The zero-order valence-electron chi connectivity index (χ0n) is 9.93. The smallest absolute Gasteiger partial charge is 0.309 e. The van der Waals surface area contributed by atoms with E-state index in [4.69, 9.17) is 9.84 Å². The average Bonchev–Trinajstić information content (AvgIpc) is 2.24. The number of likely N-dealkylation sites (tertiary alicyclic amines) is 1. The van der Waals surface area contributed by atoms with Crippen LogP contribution in [0.15, 0.2) is 24.3 Å². The molecule has 1 fully saturated rings. The number of ether oxygens (including phenoxy) is 1. The molecule has 0 spiro atoms. The quantitative estimate of drug-likeness (QED) is 0.837. The first-order valence-corrected chi connectivity index (χ1v) is 5.71. The van der Waals surface area contributed by atoms with Gasteiger partial charge in [0.1, 0.15) is 0 Å². The molecule has 17 heavy (non-hydrogen) atoms. The number of carboxylic acid groups (broad SMARTS) is 1. The second-order valence-electron chi connectivity index (χ2n) is 4.43. The normalized spacial score (nSPS) is 16.8. The molecule has 92 valence electrons. The third kappa shape index (κ3) is 2.84. The highest BCUT2D eigenvalue weighted by Crippen LogP contribution is 2.20. The first-order valence-electron chi connectivity index (χ1n) is 5.71. The lowest BCUT2D eigenvalue weighted by atomic mass is 9.98. The minimum absolute atomic E-state index is 0.190. The first-order chi connectivity index (χ1) is 8.20. The van der Waals surface area contributed by atoms with Gasteiger partial charge in [-0.3, -0.25) is 9.69 Å². The summed E-state index contributed by atoms with van der Waals surface area (Å²) in [6, 6.07) is 8.12. The van der Waals surface area contributed by atoms with Crippen LogP contribution in [0.4, 0.5) is 0 Å². The molecule has 0 radical (unpaired) electrons. The van der Waals surface area contributed by atoms with Gasteiger partial charge >= 0.3 is 5.97 Å². The van der Waals surface area contributed by atoms with Crippen molar-refractivity contribution in [2.75, 3.05) is 20.2 Å². The molecule has 1 N–H and O–H groups in total. The minimum atomic E-state index is -0.688. The molecule has 0 saturated carbocycles. The number of benzene rings is 1. The molecule has 0 amide bonds. The van der Waals surface area contributed by atoms with Crippen LogP contribution in [0.25, 0.3) is 0 Å². The van der Waals surface area contributed by atoms with E-state index in [9.17, 15) is 4.79 Å². The van der Waals surface area contributed by atoms with E-state index in [1.165, 1.54) is 11.1 Å². The van der Waals surface area contributed by atoms with Crippen LogP contribution in [0.5, 0.6) is 0 Å². The van der Waals surface area contributed by atoms with Crippen molar-refractivity contribution in [3.63, 3.8) is 0 Å². The zero-order chi connectivity index (χ0) is 12.3. The molecule has 1 heterocycles. The fourth-order valence-electron chi connectivity index (χ4n) is 2.10. The van der Waals surface area contributed by atoms with E-state index in [1.807, 2.05) is 18.2 Å². The Morgan fingerprint density at radius 3 is 2.65 bits per heavy atom. The fourth-order valence-corrected chi connectivity index (χ4v) is 2.10. The fraction of sp³-hybridized carbons (Fsp3) is 0.462. The maximum Gasteiger partial charge on any atom is 0.309 e. The Balaban J connectivity index is 1.93. The Hall–Kier alpha value is -1.39. The predicted molar refractivity (Wildman–Crippen MR) is 63.6 cm³/mol. The highest BCUT2D eigenvalue weighted by atomic mass is 16.5. The molecule has 2 rings (SSSR count). The van der Waals surface area contributed by atoms with Crippen LogP contribution in [0, 0.1) is 5.92 Å². The van der Waals surface area contributed by atoms with Crippen molar-refractivity contribution in [2.24, 2.45) is 5.92 Å². The monoisotopic (exact) mass is 235 g/mol. The van der Waals surface area contributed by atoms with Gasteiger partial charge in [0.25, 0.3) is 0 Å². The number of rotatable bonds is 5. The standard InChI is InChI=1S/C13H17NO3/c1-17-9-11-5-3-2-4-10(11)6-14-7-12(8-14)13(15)16/h2-5,12H,6-9H2,1H3,(H,15,16). The zero-order valence-corrected chi connectivity index (χ0v) is 9.93. The molecular weight excluding hydrogens is 218 g/mol. The van der Waals surface area contributed by atoms with Crippen molar-refractivity contribution >= 4 is 5.97 Å². The number of hydrogen-bond acceptors (Lipinski definition) is 3. The molecule has 1 aliphatic heterocycles. The first kappa shape index (κ1) is 12.1. The van der Waals surface area contributed by atoms with E-state index < -0.39 is 5.97 Å². The molecular formula is C13H17NO3. The summed E-state index contributed by atoms with van der Waals surface area (Å²) in [5, 5.41) is 8.81. The van der Waals surface area contributed by atoms with Gasteiger partial charge in [-0.05, 0) is 11.1 Å². The van der Waals surface area contributed by atoms with E-state index in [2.05, 4.69) is 11.0 Å². The van der Waals surface area contributed by atoms with Gasteiger partial charge in [-0.2, -0.15) is 0 Å². The van der Waals surface area contributed by atoms with Gasteiger partial charge in [0.15, 0.2) is 0 Å². The van der Waals surface area contributed by atoms with E-state index >= 15 is 0 Å². The van der Waals surface area contributed by atoms with Crippen LogP contribution in [0.1, 0.15) is 11.1 Å². The van der Waals surface area contributed by atoms with Gasteiger partial charge < -0.3 is 9.84 Å². The van der Waals surface area contributed by atoms with Crippen molar-refractivity contribution < 1.29 is 14.6 Å². The van der Waals surface area contributed by atoms with Crippen LogP contribution >= 0.6 is 0 Å². The lowest BCUT2D eigenvalue weighted by Crippen LogP contribution is -2.49. The molecule has 0 atom stereocenters. The Labute approximate surface area is 101 Å². The number of nitrogens with zero attached hydrogens (tertiary/aromatic N) is 1. The van der Waals surface area contributed by atoms with E-state index in [0.717, 1.165) is 6.54 Å². The van der Waals surface area contributed by atoms with Crippen LogP contribution in [-0.4, -0.2) is 36.2 Å². The van der Waals surface area contributed by atoms with E-state index in [0.29, 0.717) is 19.7 Å². The van der Waals surface area contributed by atoms with Crippen molar-refractivity contribution in [1.82, 2.24) is 4.90 Å². The number of carboxylic acids is 1. The van der Waals surface area contributed by atoms with Gasteiger partial charge in [0.2, 0.25) is 0 Å². The molecule has 1 aromatic rings. The summed E-state index contributed by atoms with van der Waals surface area (Å²) in [4.78, 5) is 12.8. The van der Waals surface area contributed by atoms with Crippen molar-refractivity contribution in [1.29, 1.82) is 0 Å². The van der Waals surface area contributed by atoms with E-state index in [-0.39, 0.29) is 5.92 Å². The summed E-state index contributed by atoms with van der Waals surface area (Å²) in [5.41, 5.74) is 2.40. The SMILES string of the molecule is COCc1ccccc1CN1CC(C(=O)O)C1. The maximum atomic E-state index is 10.7. The van der Waals surface area contributed by atoms with Gasteiger partial charge in [-0.1, -0.05) is 24.3 Å². The molecule has 0 aromatic heterocycles. The van der Waals surface area contributed by atoms with Crippen molar-refractivity contribution in [3.05, 3.63) is 35.4 Å². The molecule has 4 nitrogen and oxygen atoms in total. The number of aliphatic carboxylic acids is 1. The lowest BCUT2D eigenvalue weighted by molar-refractivity contribution is -0.147. The van der Waals surface area contributed by atoms with Gasteiger partial charge in [0.05, 0.1) is 12.5 Å². The topological polar surface area (TPSA) is 49.8 Å². The number of methoxy groups -OCH3 is 1. The van der Waals surface area contributed by atoms with Crippen LogP contribution in [0.2, 0.25) is 0 Å². The summed E-state index contributed by atoms with van der Waals surface area (Å²) in [6.45, 7) is 2.71. The summed E-state index contributed by atoms with van der Waals surface area (Å²) < 4.78 is 5.15. The molecule has 0 bridgehead atoms. The lowest BCUT2D eigenvalue weighted by Gasteiger charge is -2.37. The van der Waals surface area contributed by atoms with Gasteiger partial charge in [-0.15, -0.1) is 0 Å². The van der Waals surface area contributed by atoms with Crippen LogP contribution in [-0.2, 0) is 22.7 Å². The van der Waals surface area contributed by atoms with Crippen LogP contribution in [0.3, 0.4) is 0 Å². The van der Waals surface area contributed by atoms with Gasteiger partial charge in [0, 0.05) is 26.7 Å². The number of hydrogen-bond donors (Lipinski definition) is 1. The Bertz CT molecular complexity index is 399. The molecule has 1 aliphatic rings.